The van der Waals surface area contributed by atoms with Crippen molar-refractivity contribution >= 4 is 5.91 Å². The van der Waals surface area contributed by atoms with E-state index in [1.54, 1.807) is 0 Å². The van der Waals surface area contributed by atoms with E-state index in [0.29, 0.717) is 12.3 Å². The van der Waals surface area contributed by atoms with Gasteiger partial charge in [-0.25, -0.2) is 5.43 Å². The minimum Gasteiger partial charge on any atom is -0.484 e. The zero-order chi connectivity index (χ0) is 15.1. The molecule has 1 amide bonds. The standard InChI is InChI=1S/C17H20N2O2/c1-13-8-9-16(10-14(13)2)21-12-17(20)19-18-11-15-6-4-3-5-7-15/h3-10,18H,11-12H2,1-2H3,(H,19,20). The summed E-state index contributed by atoms with van der Waals surface area (Å²) in [4.78, 5) is 11.7. The van der Waals surface area contributed by atoms with Gasteiger partial charge in [-0.05, 0) is 42.7 Å². The summed E-state index contributed by atoms with van der Waals surface area (Å²) < 4.78 is 5.45. The Balaban J connectivity index is 1.71. The Morgan fingerprint density at radius 1 is 1.05 bits per heavy atom. The van der Waals surface area contributed by atoms with Gasteiger partial charge < -0.3 is 4.74 Å². The molecule has 0 aliphatic rings. The normalized spacial score (nSPS) is 10.2. The van der Waals surface area contributed by atoms with Crippen LogP contribution in [0.25, 0.3) is 0 Å². The fourth-order valence-corrected chi connectivity index (χ4v) is 1.83. The molecular weight excluding hydrogens is 264 g/mol. The van der Waals surface area contributed by atoms with Crippen LogP contribution in [-0.4, -0.2) is 12.5 Å². The lowest BCUT2D eigenvalue weighted by Crippen LogP contribution is -2.39. The van der Waals surface area contributed by atoms with E-state index in [1.807, 2.05) is 62.4 Å². The van der Waals surface area contributed by atoms with E-state index in [9.17, 15) is 4.79 Å². The largest absolute Gasteiger partial charge is 0.484 e. The minimum absolute atomic E-state index is 0.00963. The highest BCUT2D eigenvalue weighted by Gasteiger charge is 2.03. The van der Waals surface area contributed by atoms with Gasteiger partial charge in [0, 0.05) is 6.54 Å². The maximum Gasteiger partial charge on any atom is 0.271 e. The maximum atomic E-state index is 11.7. The number of hydrazine groups is 1. The number of amides is 1. The quantitative estimate of drug-likeness (QED) is 0.801. The summed E-state index contributed by atoms with van der Waals surface area (Å²) in [6.45, 7) is 4.63. The highest BCUT2D eigenvalue weighted by molar-refractivity contribution is 5.76. The molecule has 2 aromatic rings. The Kier molecular flexibility index (Phi) is 5.35. The average molecular weight is 284 g/mol. The molecule has 21 heavy (non-hydrogen) atoms. The lowest BCUT2D eigenvalue weighted by molar-refractivity contribution is -0.124. The van der Waals surface area contributed by atoms with Gasteiger partial charge in [0.1, 0.15) is 5.75 Å². The molecule has 2 N–H and O–H groups in total. The monoisotopic (exact) mass is 284 g/mol. The molecule has 0 radical (unpaired) electrons. The van der Waals surface area contributed by atoms with Crippen LogP contribution in [-0.2, 0) is 11.3 Å². The van der Waals surface area contributed by atoms with E-state index in [1.165, 1.54) is 5.56 Å². The van der Waals surface area contributed by atoms with Crippen molar-refractivity contribution < 1.29 is 9.53 Å². The number of aryl methyl sites for hydroxylation is 2. The van der Waals surface area contributed by atoms with Crippen LogP contribution >= 0.6 is 0 Å². The number of benzene rings is 2. The van der Waals surface area contributed by atoms with Crippen LogP contribution < -0.4 is 15.6 Å². The van der Waals surface area contributed by atoms with Gasteiger partial charge in [0.05, 0.1) is 0 Å². The zero-order valence-electron chi connectivity index (χ0n) is 12.3. The Morgan fingerprint density at radius 2 is 1.81 bits per heavy atom. The Hall–Kier alpha value is -2.33. The van der Waals surface area contributed by atoms with Crippen LogP contribution in [0.1, 0.15) is 16.7 Å². The van der Waals surface area contributed by atoms with Gasteiger partial charge in [-0.2, -0.15) is 0 Å². The topological polar surface area (TPSA) is 50.4 Å². The second-order valence-electron chi connectivity index (χ2n) is 4.92. The number of ether oxygens (including phenoxy) is 1. The lowest BCUT2D eigenvalue weighted by atomic mass is 10.1. The molecule has 0 aromatic heterocycles. The second-order valence-corrected chi connectivity index (χ2v) is 4.92. The molecule has 0 unspecified atom stereocenters. The van der Waals surface area contributed by atoms with E-state index in [4.69, 9.17) is 4.74 Å². The van der Waals surface area contributed by atoms with E-state index < -0.39 is 0 Å². The van der Waals surface area contributed by atoms with Gasteiger partial charge in [-0.15, -0.1) is 0 Å². The van der Waals surface area contributed by atoms with Crippen LogP contribution in [0.2, 0.25) is 0 Å². The van der Waals surface area contributed by atoms with Crippen molar-refractivity contribution in [2.45, 2.75) is 20.4 Å². The maximum absolute atomic E-state index is 11.7. The first-order valence-corrected chi connectivity index (χ1v) is 6.91. The second kappa shape index (κ2) is 7.45. The molecule has 2 rings (SSSR count). The van der Waals surface area contributed by atoms with Crippen molar-refractivity contribution in [3.8, 4) is 5.75 Å². The lowest BCUT2D eigenvalue weighted by Gasteiger charge is -2.10. The van der Waals surface area contributed by atoms with Crippen molar-refractivity contribution in [1.29, 1.82) is 0 Å². The first-order chi connectivity index (χ1) is 10.1. The smallest absolute Gasteiger partial charge is 0.271 e. The van der Waals surface area contributed by atoms with Gasteiger partial charge >= 0.3 is 0 Å². The molecule has 0 fully saturated rings. The molecule has 110 valence electrons. The van der Waals surface area contributed by atoms with E-state index in [-0.39, 0.29) is 12.5 Å². The SMILES string of the molecule is Cc1ccc(OCC(=O)NNCc2ccccc2)cc1C. The molecule has 0 heterocycles. The van der Waals surface area contributed by atoms with Gasteiger partial charge in [-0.1, -0.05) is 36.4 Å². The Bertz CT molecular complexity index is 597. The molecule has 4 heteroatoms. The first kappa shape index (κ1) is 15.1. The highest BCUT2D eigenvalue weighted by atomic mass is 16.5. The predicted octanol–water partition coefficient (Wildman–Crippen LogP) is 2.50. The number of carbonyl (C=O) groups is 1. The fourth-order valence-electron chi connectivity index (χ4n) is 1.83. The summed E-state index contributed by atoms with van der Waals surface area (Å²) in [6.07, 6.45) is 0. The molecule has 0 saturated carbocycles. The third kappa shape index (κ3) is 4.93. The Morgan fingerprint density at radius 3 is 2.52 bits per heavy atom. The average Bonchev–Trinajstić information content (AvgIpc) is 2.49. The summed E-state index contributed by atoms with van der Waals surface area (Å²) in [5.74, 6) is 0.500. The molecule has 0 saturated heterocycles. The fraction of sp³-hybridized carbons (Fsp3) is 0.235. The van der Waals surface area contributed by atoms with Crippen molar-refractivity contribution in [3.63, 3.8) is 0 Å². The third-order valence-corrected chi connectivity index (χ3v) is 3.21. The summed E-state index contributed by atoms with van der Waals surface area (Å²) in [5, 5.41) is 0. The molecule has 0 aliphatic heterocycles. The molecule has 0 atom stereocenters. The highest BCUT2D eigenvalue weighted by Crippen LogP contribution is 2.16. The molecular formula is C17H20N2O2. The number of hydrogen-bond donors (Lipinski definition) is 2. The van der Waals surface area contributed by atoms with Crippen LogP contribution in [0.3, 0.4) is 0 Å². The number of rotatable bonds is 6. The van der Waals surface area contributed by atoms with E-state index in [2.05, 4.69) is 10.9 Å². The Labute approximate surface area is 125 Å². The number of hydrogen-bond acceptors (Lipinski definition) is 3. The summed E-state index contributed by atoms with van der Waals surface area (Å²) in [7, 11) is 0. The molecule has 0 bridgehead atoms. The minimum atomic E-state index is -0.204. The van der Waals surface area contributed by atoms with Crippen LogP contribution in [0, 0.1) is 13.8 Å². The van der Waals surface area contributed by atoms with Crippen molar-refractivity contribution in [3.05, 3.63) is 65.2 Å². The third-order valence-electron chi connectivity index (χ3n) is 3.21. The first-order valence-electron chi connectivity index (χ1n) is 6.91. The van der Waals surface area contributed by atoms with Crippen molar-refractivity contribution in [1.82, 2.24) is 10.9 Å². The van der Waals surface area contributed by atoms with Crippen LogP contribution in [0.15, 0.2) is 48.5 Å². The number of nitrogens with one attached hydrogen (secondary N) is 2. The van der Waals surface area contributed by atoms with Gasteiger partial charge in [-0.3, -0.25) is 10.2 Å². The van der Waals surface area contributed by atoms with Crippen LogP contribution in [0.4, 0.5) is 0 Å². The summed E-state index contributed by atoms with van der Waals surface area (Å²) in [6, 6.07) is 15.6. The van der Waals surface area contributed by atoms with Crippen LogP contribution in [0.5, 0.6) is 5.75 Å². The molecule has 2 aromatic carbocycles. The predicted molar refractivity (Wildman–Crippen MR) is 82.8 cm³/mol. The summed E-state index contributed by atoms with van der Waals surface area (Å²) >= 11 is 0. The van der Waals surface area contributed by atoms with Gasteiger partial charge in [0.25, 0.3) is 5.91 Å². The molecule has 0 aliphatic carbocycles. The molecule has 4 nitrogen and oxygen atoms in total. The van der Waals surface area contributed by atoms with E-state index in [0.717, 1.165) is 11.1 Å². The van der Waals surface area contributed by atoms with Gasteiger partial charge in [0.15, 0.2) is 6.61 Å². The number of carbonyl (C=O) groups excluding carboxylic acids is 1. The van der Waals surface area contributed by atoms with Gasteiger partial charge in [0.2, 0.25) is 0 Å². The summed E-state index contributed by atoms with van der Waals surface area (Å²) in [5.41, 5.74) is 8.95. The van der Waals surface area contributed by atoms with Crippen molar-refractivity contribution in [2.24, 2.45) is 0 Å². The van der Waals surface area contributed by atoms with Crippen molar-refractivity contribution in [2.75, 3.05) is 6.61 Å². The zero-order valence-corrected chi connectivity index (χ0v) is 12.3. The molecule has 0 spiro atoms. The van der Waals surface area contributed by atoms with E-state index >= 15 is 0 Å².